The molecule has 1 saturated carbocycles. The molecule has 4 rings (SSSR count). The second-order valence-corrected chi connectivity index (χ2v) is 15.9. The third kappa shape index (κ3) is 8.64. The smallest absolute Gasteiger partial charge is 0.338 e. The molecule has 0 saturated heterocycles. The van der Waals surface area contributed by atoms with Gasteiger partial charge < -0.3 is 14.4 Å². The number of amides is 1. The van der Waals surface area contributed by atoms with E-state index in [1.807, 2.05) is 30.9 Å². The maximum absolute atomic E-state index is 14.6. The third-order valence-electron chi connectivity index (χ3n) is 8.16. The van der Waals surface area contributed by atoms with Gasteiger partial charge in [-0.1, -0.05) is 76.9 Å². The lowest BCUT2D eigenvalue weighted by molar-refractivity contribution is -0.135. The summed E-state index contributed by atoms with van der Waals surface area (Å²) in [4.78, 5) is 34.5. The highest BCUT2D eigenvalue weighted by Crippen LogP contribution is 2.47. The number of esters is 1. The molecule has 1 spiro atoms. The summed E-state index contributed by atoms with van der Waals surface area (Å²) in [5.41, 5.74) is 1.88. The molecule has 1 heterocycles. The number of halogens is 2. The van der Waals surface area contributed by atoms with Crippen molar-refractivity contribution in [2.24, 2.45) is 15.8 Å². The quantitative estimate of drug-likeness (QED) is 0.255. The van der Waals surface area contributed by atoms with Crippen molar-refractivity contribution in [1.82, 2.24) is 4.90 Å². The second-order valence-electron chi connectivity index (χ2n) is 15.0. The number of benzene rings is 2. The van der Waals surface area contributed by atoms with Crippen molar-refractivity contribution in [2.45, 2.75) is 118 Å². The van der Waals surface area contributed by atoms with E-state index in [1.54, 1.807) is 30.3 Å². The Kier molecular flexibility index (Phi) is 10.6. The Morgan fingerprint density at radius 1 is 0.977 bits per heavy atom. The van der Waals surface area contributed by atoms with Crippen LogP contribution in [0.25, 0.3) is 0 Å². The molecule has 0 aromatic heterocycles. The van der Waals surface area contributed by atoms with Crippen molar-refractivity contribution in [3.8, 4) is 0 Å². The van der Waals surface area contributed by atoms with E-state index in [2.05, 4.69) is 41.5 Å². The summed E-state index contributed by atoms with van der Waals surface area (Å²) in [5.74, 6) is -0.483. The van der Waals surface area contributed by atoms with Crippen LogP contribution < -0.4 is 0 Å². The molecule has 44 heavy (non-hydrogen) atoms. The monoisotopic (exact) mass is 642 g/mol. The molecule has 0 unspecified atom stereocenters. The average Bonchev–Trinajstić information content (AvgIpc) is 3.18. The molecule has 1 amide bonds. The highest BCUT2D eigenvalue weighted by molar-refractivity contribution is 6.47. The molecule has 8 heteroatoms. The lowest BCUT2D eigenvalue weighted by atomic mass is 9.82. The molecule has 2 aromatic carbocycles. The van der Waals surface area contributed by atoms with Crippen LogP contribution in [0.2, 0.25) is 10.0 Å². The number of aliphatic imine (C=N–C) groups is 1. The van der Waals surface area contributed by atoms with Gasteiger partial charge in [-0.25, -0.2) is 4.79 Å². The standard InChI is InChI=1S/C36H48Cl2N2O4/c1-23(2)44-33(42)25-11-9-24(10-12-25)30(15-16-34(3,4)5)40-32(41)31(26-19-27(37)21-28(38)20-26)39-36(40)17-13-29(14-18-36)43-22-35(6,7)8/h9-12,19-21,23,29-30H,13-18,22H2,1-8H3/t29?,30-,36?/m1/s1. The molecule has 1 fully saturated rings. The van der Waals surface area contributed by atoms with Crippen LogP contribution in [0, 0.1) is 10.8 Å². The SMILES string of the molecule is CC(C)OC(=O)c1ccc([C@@H](CCC(C)(C)C)N2C(=O)C(c3cc(Cl)cc(Cl)c3)=NC23CCC(OCC(C)(C)C)CC3)cc1. The van der Waals surface area contributed by atoms with Crippen LogP contribution in [0.1, 0.15) is 121 Å². The minimum absolute atomic E-state index is 0.0534. The van der Waals surface area contributed by atoms with Crippen LogP contribution in [-0.4, -0.2) is 47.0 Å². The Morgan fingerprint density at radius 2 is 1.57 bits per heavy atom. The normalized spacial score (nSPS) is 21.6. The van der Waals surface area contributed by atoms with Gasteiger partial charge in [0.1, 0.15) is 11.4 Å². The van der Waals surface area contributed by atoms with Crippen molar-refractivity contribution in [2.75, 3.05) is 6.61 Å². The van der Waals surface area contributed by atoms with E-state index in [4.69, 9.17) is 37.7 Å². The summed E-state index contributed by atoms with van der Waals surface area (Å²) >= 11 is 12.8. The fourth-order valence-corrected chi connectivity index (χ4v) is 6.53. The zero-order chi connectivity index (χ0) is 32.4. The van der Waals surface area contributed by atoms with E-state index in [1.165, 1.54) is 0 Å². The predicted molar refractivity (Wildman–Crippen MR) is 179 cm³/mol. The summed E-state index contributed by atoms with van der Waals surface area (Å²) in [6.45, 7) is 17.5. The summed E-state index contributed by atoms with van der Waals surface area (Å²) in [7, 11) is 0. The van der Waals surface area contributed by atoms with Crippen molar-refractivity contribution < 1.29 is 19.1 Å². The Morgan fingerprint density at radius 3 is 2.09 bits per heavy atom. The second kappa shape index (κ2) is 13.5. The Bertz CT molecular complexity index is 1340. The van der Waals surface area contributed by atoms with Crippen LogP contribution in [0.15, 0.2) is 47.5 Å². The average molecular weight is 644 g/mol. The first kappa shape index (κ1) is 34.5. The number of hydrogen-bond donors (Lipinski definition) is 0. The number of rotatable bonds is 9. The van der Waals surface area contributed by atoms with E-state index in [0.29, 0.717) is 46.3 Å². The molecular weight excluding hydrogens is 595 g/mol. The van der Waals surface area contributed by atoms with Crippen molar-refractivity contribution in [1.29, 1.82) is 0 Å². The number of carbonyl (C=O) groups is 2. The first-order valence-electron chi connectivity index (χ1n) is 15.8. The predicted octanol–water partition coefficient (Wildman–Crippen LogP) is 9.46. The Hall–Kier alpha value is -2.41. The maximum atomic E-state index is 14.6. The highest BCUT2D eigenvalue weighted by Gasteiger charge is 2.52. The number of carbonyl (C=O) groups excluding carboxylic acids is 2. The van der Waals surface area contributed by atoms with Crippen LogP contribution in [-0.2, 0) is 14.3 Å². The molecule has 1 aliphatic carbocycles. The van der Waals surface area contributed by atoms with Gasteiger partial charge in [0.2, 0.25) is 0 Å². The van der Waals surface area contributed by atoms with Gasteiger partial charge in [-0.05, 0) is 99.1 Å². The van der Waals surface area contributed by atoms with Crippen LogP contribution in [0.3, 0.4) is 0 Å². The molecular formula is C36H48Cl2N2O4. The Labute approximate surface area is 273 Å². The summed E-state index contributed by atoms with van der Waals surface area (Å²) in [6, 6.07) is 12.4. The molecule has 0 bridgehead atoms. The zero-order valence-corrected chi connectivity index (χ0v) is 29.0. The van der Waals surface area contributed by atoms with E-state index in [0.717, 1.165) is 31.2 Å². The minimum Gasteiger partial charge on any atom is -0.459 e. The molecule has 2 aliphatic rings. The molecule has 2 aromatic rings. The Balaban J connectivity index is 1.75. The van der Waals surface area contributed by atoms with E-state index >= 15 is 0 Å². The maximum Gasteiger partial charge on any atom is 0.338 e. The number of ether oxygens (including phenoxy) is 2. The van der Waals surface area contributed by atoms with Gasteiger partial charge in [0.05, 0.1) is 30.4 Å². The molecule has 0 N–H and O–H groups in total. The first-order valence-corrected chi connectivity index (χ1v) is 16.5. The lowest BCUT2D eigenvalue weighted by Crippen LogP contribution is -2.51. The van der Waals surface area contributed by atoms with E-state index in [9.17, 15) is 9.59 Å². The van der Waals surface area contributed by atoms with Crippen LogP contribution >= 0.6 is 23.2 Å². The fraction of sp³-hybridized carbons (Fsp3) is 0.583. The van der Waals surface area contributed by atoms with Crippen molar-refractivity contribution in [3.63, 3.8) is 0 Å². The topological polar surface area (TPSA) is 68.2 Å². The van der Waals surface area contributed by atoms with Crippen LogP contribution in [0.4, 0.5) is 0 Å². The number of nitrogens with zero attached hydrogens (tertiary/aromatic N) is 2. The highest BCUT2D eigenvalue weighted by atomic mass is 35.5. The molecule has 1 aliphatic heterocycles. The lowest BCUT2D eigenvalue weighted by Gasteiger charge is -2.46. The minimum atomic E-state index is -0.722. The summed E-state index contributed by atoms with van der Waals surface area (Å²) in [6.07, 6.45) is 4.54. The van der Waals surface area contributed by atoms with Crippen molar-refractivity contribution >= 4 is 40.8 Å². The molecule has 240 valence electrons. The van der Waals surface area contributed by atoms with Crippen LogP contribution in [0.5, 0.6) is 0 Å². The zero-order valence-electron chi connectivity index (χ0n) is 27.5. The van der Waals surface area contributed by atoms with Gasteiger partial charge in [0.25, 0.3) is 5.91 Å². The summed E-state index contributed by atoms with van der Waals surface area (Å²) < 4.78 is 11.7. The van der Waals surface area contributed by atoms with Gasteiger partial charge >= 0.3 is 5.97 Å². The van der Waals surface area contributed by atoms with Gasteiger partial charge in [-0.15, -0.1) is 0 Å². The summed E-state index contributed by atoms with van der Waals surface area (Å²) in [5, 5.41) is 0.922. The fourth-order valence-electron chi connectivity index (χ4n) is 6.00. The van der Waals surface area contributed by atoms with Gasteiger partial charge in [0.15, 0.2) is 0 Å². The molecule has 6 nitrogen and oxygen atoms in total. The van der Waals surface area contributed by atoms with Gasteiger partial charge in [0, 0.05) is 15.6 Å². The third-order valence-corrected chi connectivity index (χ3v) is 8.60. The van der Waals surface area contributed by atoms with Crippen molar-refractivity contribution in [3.05, 3.63) is 69.2 Å². The van der Waals surface area contributed by atoms with E-state index in [-0.39, 0.29) is 41.0 Å². The molecule has 1 atom stereocenters. The largest absolute Gasteiger partial charge is 0.459 e. The van der Waals surface area contributed by atoms with Gasteiger partial charge in [-0.2, -0.15) is 0 Å². The van der Waals surface area contributed by atoms with E-state index < -0.39 is 5.66 Å². The number of hydrogen-bond acceptors (Lipinski definition) is 5. The molecule has 0 radical (unpaired) electrons. The van der Waals surface area contributed by atoms with Gasteiger partial charge in [-0.3, -0.25) is 9.79 Å². The first-order chi connectivity index (χ1) is 20.5.